The Bertz CT molecular complexity index is 104. The molecular weight excluding hydrogens is 133 g/mol. The predicted octanol–water partition coefficient (Wildman–Crippen LogP) is -2.14. The first kappa shape index (κ1) is 10.9. The van der Waals surface area contributed by atoms with Crippen molar-refractivity contribution < 1.29 is 51.4 Å². The third-order valence-electron chi connectivity index (χ3n) is 0.233. The molecule has 0 saturated carbocycles. The van der Waals surface area contributed by atoms with E-state index in [-0.39, 0.29) is 56.4 Å². The largest absolute Gasteiger partial charge is 1.00 e. The minimum Gasteiger partial charge on any atom is -0.760 e. The fraction of sp³-hybridized carbons (Fsp3) is 0. The van der Waals surface area contributed by atoms with E-state index in [0.29, 0.717) is 0 Å². The molecule has 0 fully saturated rings. The molecule has 0 aliphatic carbocycles. The van der Waals surface area contributed by atoms with E-state index in [4.69, 9.17) is 5.41 Å². The van der Waals surface area contributed by atoms with E-state index in [1.165, 1.54) is 6.08 Å². The minimum absolute atomic E-state index is 0. The molecule has 0 aromatic rings. The molecule has 0 aromatic heterocycles. The molecule has 0 unspecified atom stereocenters. The average molecular weight is 137 g/mol. The van der Waals surface area contributed by atoms with Gasteiger partial charge >= 0.3 is 51.4 Å². The van der Waals surface area contributed by atoms with Crippen LogP contribution < -0.4 is 51.4 Å². The maximum atomic E-state index is 6.55. The molecule has 0 atom stereocenters. The summed E-state index contributed by atoms with van der Waals surface area (Å²) in [5.74, 6) is 0. The van der Waals surface area contributed by atoms with Crippen LogP contribution in [0.3, 0.4) is 0 Å². The van der Waals surface area contributed by atoms with Crippen LogP contribution in [-0.4, -0.2) is 5.04 Å². The Hall–Kier alpha value is 1.05. The van der Waals surface area contributed by atoms with E-state index in [1.54, 1.807) is 0 Å². The molecule has 0 aliphatic rings. The summed E-state index contributed by atoms with van der Waals surface area (Å²) in [7, 11) is 0. The maximum Gasteiger partial charge on any atom is 1.00 e. The summed E-state index contributed by atoms with van der Waals surface area (Å²) >= 11 is 4.30. The van der Waals surface area contributed by atoms with Crippen LogP contribution in [-0.2, 0) is 12.6 Å². The van der Waals surface area contributed by atoms with Crippen LogP contribution in [0.5, 0.6) is 0 Å². The molecule has 0 aromatic carbocycles. The number of nitrogens with one attached hydrogen (secondary N) is 1. The summed E-state index contributed by atoms with van der Waals surface area (Å²) in [6, 6.07) is 0. The molecule has 1 N–H and O–H groups in total. The van der Waals surface area contributed by atoms with Crippen LogP contribution in [0.2, 0.25) is 0 Å². The SMILES string of the molecule is C=C=CC(=N)[S-].[K+]. The Morgan fingerprint density at radius 3 is 2.29 bits per heavy atom. The Morgan fingerprint density at radius 1 is 1.86 bits per heavy atom. The molecule has 0 saturated heterocycles. The molecule has 0 spiro atoms. The molecule has 0 bridgehead atoms. The monoisotopic (exact) mass is 137 g/mol. The summed E-state index contributed by atoms with van der Waals surface area (Å²) in [4.78, 5) is 0. The van der Waals surface area contributed by atoms with Crippen molar-refractivity contribution >= 4 is 17.7 Å². The molecule has 0 aliphatic heterocycles. The van der Waals surface area contributed by atoms with E-state index in [9.17, 15) is 0 Å². The van der Waals surface area contributed by atoms with Crippen LogP contribution >= 0.6 is 0 Å². The number of rotatable bonds is 1. The van der Waals surface area contributed by atoms with Gasteiger partial charge in [-0.25, -0.2) is 0 Å². The van der Waals surface area contributed by atoms with Gasteiger partial charge in [0.25, 0.3) is 0 Å². The molecule has 3 heteroatoms. The van der Waals surface area contributed by atoms with Crippen LogP contribution in [0.1, 0.15) is 0 Å². The van der Waals surface area contributed by atoms with Crippen molar-refractivity contribution in [3.05, 3.63) is 18.4 Å². The van der Waals surface area contributed by atoms with Crippen molar-refractivity contribution in [2.24, 2.45) is 0 Å². The summed E-state index contributed by atoms with van der Waals surface area (Å²) in [6.07, 6.45) is 1.33. The fourth-order valence-electron chi connectivity index (χ4n) is 0.0927. The second-order valence-electron chi connectivity index (χ2n) is 0.713. The van der Waals surface area contributed by atoms with Crippen molar-refractivity contribution in [3.63, 3.8) is 0 Å². The third-order valence-corrected chi connectivity index (χ3v) is 0.351. The van der Waals surface area contributed by atoms with Gasteiger partial charge in [0.2, 0.25) is 0 Å². The Labute approximate surface area is 91.2 Å². The van der Waals surface area contributed by atoms with Crippen LogP contribution in [0, 0.1) is 5.41 Å². The maximum absolute atomic E-state index is 6.55. The molecule has 32 valence electrons. The Balaban J connectivity index is 0. The molecule has 7 heavy (non-hydrogen) atoms. The summed E-state index contributed by atoms with van der Waals surface area (Å²) in [5.41, 5.74) is 2.36. The molecule has 1 nitrogen and oxygen atoms in total. The van der Waals surface area contributed by atoms with Gasteiger partial charge < -0.3 is 18.0 Å². The zero-order chi connectivity index (χ0) is 4.99. The predicted molar refractivity (Wildman–Crippen MR) is 28.8 cm³/mol. The van der Waals surface area contributed by atoms with Gasteiger partial charge in [0.1, 0.15) is 0 Å². The molecule has 0 amide bonds. The normalized spacial score (nSPS) is 5.14. The van der Waals surface area contributed by atoms with Gasteiger partial charge in [-0.3, -0.25) is 0 Å². The van der Waals surface area contributed by atoms with Crippen LogP contribution in [0.4, 0.5) is 0 Å². The first-order valence-electron chi connectivity index (χ1n) is 1.39. The van der Waals surface area contributed by atoms with E-state index < -0.39 is 0 Å². The van der Waals surface area contributed by atoms with Gasteiger partial charge in [-0.1, -0.05) is 11.6 Å². The molecule has 0 heterocycles. The fourth-order valence-corrected chi connectivity index (χ4v) is 0.176. The molecule has 0 radical (unpaired) electrons. The second kappa shape index (κ2) is 7.05. The van der Waals surface area contributed by atoms with Gasteiger partial charge in [0.05, 0.1) is 0 Å². The zero-order valence-electron chi connectivity index (χ0n) is 4.19. The van der Waals surface area contributed by atoms with E-state index in [1.807, 2.05) is 0 Å². The van der Waals surface area contributed by atoms with Crippen molar-refractivity contribution in [3.8, 4) is 0 Å². The first-order valence-corrected chi connectivity index (χ1v) is 1.79. The van der Waals surface area contributed by atoms with Crippen LogP contribution in [0.15, 0.2) is 18.4 Å². The number of hydrogen-bond donors (Lipinski definition) is 1. The van der Waals surface area contributed by atoms with Crippen LogP contribution in [0.25, 0.3) is 0 Å². The van der Waals surface area contributed by atoms with E-state index in [0.717, 1.165) is 0 Å². The molecule has 0 rings (SSSR count). The standard InChI is InChI=1S/C4H5NS.K/c1-2-3-4(5)6;/h3H,1H2,(H2,5,6);/q;+1/p-1. The van der Waals surface area contributed by atoms with Crippen molar-refractivity contribution in [1.29, 1.82) is 5.41 Å². The van der Waals surface area contributed by atoms with Gasteiger partial charge in [-0.05, 0) is 6.08 Å². The quantitative estimate of drug-likeness (QED) is 0.144. The second-order valence-corrected chi connectivity index (χ2v) is 1.15. The van der Waals surface area contributed by atoms with E-state index in [2.05, 4.69) is 24.9 Å². The third kappa shape index (κ3) is 11.0. The minimum atomic E-state index is 0. The van der Waals surface area contributed by atoms with E-state index >= 15 is 0 Å². The van der Waals surface area contributed by atoms with Crippen molar-refractivity contribution in [2.45, 2.75) is 0 Å². The smallest absolute Gasteiger partial charge is 0.760 e. The van der Waals surface area contributed by atoms with Crippen molar-refractivity contribution in [1.82, 2.24) is 0 Å². The average Bonchev–Trinajstić information content (AvgIpc) is 1.35. The van der Waals surface area contributed by atoms with Crippen molar-refractivity contribution in [2.75, 3.05) is 0 Å². The van der Waals surface area contributed by atoms with Gasteiger partial charge in [0, 0.05) is 0 Å². The summed E-state index contributed by atoms with van der Waals surface area (Å²) in [5, 5.41) is 6.63. The van der Waals surface area contributed by atoms with Gasteiger partial charge in [0.15, 0.2) is 0 Å². The first-order chi connectivity index (χ1) is 2.77. The summed E-state index contributed by atoms with van der Waals surface area (Å²) < 4.78 is 0. The zero-order valence-corrected chi connectivity index (χ0v) is 8.13. The Kier molecular flexibility index (Phi) is 11.0. The summed E-state index contributed by atoms with van der Waals surface area (Å²) in [6.45, 7) is 3.21. The Morgan fingerprint density at radius 2 is 2.29 bits per heavy atom. The molecular formula is C4H4KNS. The van der Waals surface area contributed by atoms with Gasteiger partial charge in [-0.15, -0.1) is 5.73 Å². The van der Waals surface area contributed by atoms with Gasteiger partial charge in [-0.2, -0.15) is 0 Å². The topological polar surface area (TPSA) is 23.9 Å². The number of hydrogen-bond acceptors (Lipinski definition) is 2.